The maximum atomic E-state index is 5.93. The van der Waals surface area contributed by atoms with Crippen LogP contribution in [0.3, 0.4) is 0 Å². The van der Waals surface area contributed by atoms with Gasteiger partial charge in [0.15, 0.2) is 23.1 Å². The number of hydrogen-bond donors (Lipinski definition) is 1. The monoisotopic (exact) mass is 408 g/mol. The van der Waals surface area contributed by atoms with E-state index in [-0.39, 0.29) is 12.6 Å². The number of anilines is 1. The summed E-state index contributed by atoms with van der Waals surface area (Å²) in [7, 11) is 0. The van der Waals surface area contributed by atoms with E-state index in [1.165, 1.54) is 0 Å². The second kappa shape index (κ2) is 6.79. The highest BCUT2D eigenvalue weighted by molar-refractivity contribution is 6.66. The average Bonchev–Trinajstić information content (AvgIpc) is 3.08. The van der Waals surface area contributed by atoms with Gasteiger partial charge in [-0.15, -0.1) is 0 Å². The van der Waals surface area contributed by atoms with Gasteiger partial charge in [0.2, 0.25) is 10.6 Å². The van der Waals surface area contributed by atoms with Crippen LogP contribution in [-0.4, -0.2) is 23.0 Å². The number of aromatic nitrogens is 2. The molecule has 0 saturated heterocycles. The van der Waals surface area contributed by atoms with Crippen LogP contribution in [0.2, 0.25) is 0 Å². The van der Waals surface area contributed by atoms with Crippen molar-refractivity contribution in [2.75, 3.05) is 12.2 Å². The fourth-order valence-corrected chi connectivity index (χ4v) is 2.70. The van der Waals surface area contributed by atoms with Gasteiger partial charge in [0.05, 0.1) is 11.7 Å². The molecule has 0 fully saturated rings. The van der Waals surface area contributed by atoms with Crippen LogP contribution in [0, 0.1) is 0 Å². The van der Waals surface area contributed by atoms with Crippen LogP contribution in [-0.2, 0) is 3.79 Å². The lowest BCUT2D eigenvalue weighted by Crippen LogP contribution is -2.09. The van der Waals surface area contributed by atoms with Crippen LogP contribution in [0.5, 0.6) is 11.5 Å². The van der Waals surface area contributed by atoms with Crippen molar-refractivity contribution < 1.29 is 9.47 Å². The summed E-state index contributed by atoms with van der Waals surface area (Å²) in [5.74, 6) is 1.90. The Balaban J connectivity index is 1.64. The molecule has 0 spiro atoms. The molecule has 2 aromatic carbocycles. The molecule has 4 rings (SSSR count). The van der Waals surface area contributed by atoms with Crippen LogP contribution >= 0.6 is 34.8 Å². The highest BCUT2D eigenvalue weighted by Gasteiger charge is 2.28. The highest BCUT2D eigenvalue weighted by Crippen LogP contribution is 2.37. The van der Waals surface area contributed by atoms with E-state index in [2.05, 4.69) is 20.5 Å². The molecular weight excluding hydrogens is 399 g/mol. The molecule has 1 aliphatic rings. The van der Waals surface area contributed by atoms with Crippen molar-refractivity contribution in [2.45, 2.75) is 3.79 Å². The van der Waals surface area contributed by atoms with E-state index in [9.17, 15) is 0 Å². The fourth-order valence-electron chi connectivity index (χ4n) is 2.45. The van der Waals surface area contributed by atoms with E-state index in [4.69, 9.17) is 44.3 Å². The predicted octanol–water partition coefficient (Wildman–Crippen LogP) is 4.63. The van der Waals surface area contributed by atoms with E-state index in [0.717, 1.165) is 10.9 Å². The second-order valence-corrected chi connectivity index (χ2v) is 7.67. The van der Waals surface area contributed by atoms with Crippen molar-refractivity contribution in [3.63, 3.8) is 0 Å². The molecule has 26 heavy (non-hydrogen) atoms. The normalized spacial score (nSPS) is 13.5. The number of fused-ring (bicyclic) bond motifs is 2. The Labute approximate surface area is 163 Å². The van der Waals surface area contributed by atoms with Crippen LogP contribution in [0.15, 0.2) is 47.6 Å². The van der Waals surface area contributed by atoms with Crippen LogP contribution in [0.25, 0.3) is 10.9 Å². The first-order valence-electron chi connectivity index (χ1n) is 7.53. The number of para-hydroxylation sites is 1. The Bertz CT molecular complexity index is 1000. The SMILES string of the molecule is ClC(Cl)(Cl)c1nc(NN=Cc2ccc3c(c2)OCO3)c2ccccc2n1. The molecule has 0 amide bonds. The third kappa shape index (κ3) is 3.49. The smallest absolute Gasteiger partial charge is 0.250 e. The molecule has 3 aromatic rings. The molecule has 9 heteroatoms. The number of ether oxygens (including phenoxy) is 2. The van der Waals surface area contributed by atoms with E-state index >= 15 is 0 Å². The topological polar surface area (TPSA) is 68.6 Å². The van der Waals surface area contributed by atoms with Crippen molar-refractivity contribution in [2.24, 2.45) is 5.10 Å². The number of benzene rings is 2. The molecule has 1 aliphatic heterocycles. The number of hydrogen-bond acceptors (Lipinski definition) is 6. The van der Waals surface area contributed by atoms with Gasteiger partial charge in [0.25, 0.3) is 0 Å². The molecule has 6 nitrogen and oxygen atoms in total. The minimum atomic E-state index is -1.73. The minimum absolute atomic E-state index is 0.0713. The highest BCUT2D eigenvalue weighted by atomic mass is 35.6. The number of halogens is 3. The van der Waals surface area contributed by atoms with Crippen molar-refractivity contribution >= 4 is 57.7 Å². The van der Waals surface area contributed by atoms with Gasteiger partial charge < -0.3 is 9.47 Å². The summed E-state index contributed by atoms with van der Waals surface area (Å²) in [5, 5.41) is 4.98. The summed E-state index contributed by atoms with van der Waals surface area (Å²) < 4.78 is 8.89. The predicted molar refractivity (Wildman–Crippen MR) is 103 cm³/mol. The van der Waals surface area contributed by atoms with Crippen molar-refractivity contribution in [3.05, 3.63) is 53.9 Å². The summed E-state index contributed by atoms with van der Waals surface area (Å²) in [4.78, 5) is 8.57. The Morgan fingerprint density at radius 2 is 1.85 bits per heavy atom. The molecule has 0 unspecified atom stereocenters. The molecule has 0 saturated carbocycles. The van der Waals surface area contributed by atoms with Gasteiger partial charge in [0.1, 0.15) is 0 Å². The Morgan fingerprint density at radius 1 is 1.04 bits per heavy atom. The number of nitrogens with one attached hydrogen (secondary N) is 1. The maximum absolute atomic E-state index is 5.93. The molecule has 1 N–H and O–H groups in total. The van der Waals surface area contributed by atoms with Crippen molar-refractivity contribution in [1.82, 2.24) is 9.97 Å². The zero-order valence-corrected chi connectivity index (χ0v) is 15.4. The molecule has 0 atom stereocenters. The first-order chi connectivity index (χ1) is 12.5. The van der Waals surface area contributed by atoms with Gasteiger partial charge in [-0.1, -0.05) is 46.9 Å². The average molecular weight is 410 g/mol. The lowest BCUT2D eigenvalue weighted by atomic mass is 10.2. The molecular formula is C17H11Cl3N4O2. The summed E-state index contributed by atoms with van der Waals surface area (Å²) >= 11 is 17.8. The molecule has 2 heterocycles. The summed E-state index contributed by atoms with van der Waals surface area (Å²) in [5.41, 5.74) is 4.36. The van der Waals surface area contributed by atoms with Crippen LogP contribution in [0.4, 0.5) is 5.82 Å². The Kier molecular flexibility index (Phi) is 4.48. The second-order valence-electron chi connectivity index (χ2n) is 5.39. The summed E-state index contributed by atoms with van der Waals surface area (Å²) in [6, 6.07) is 12.9. The van der Waals surface area contributed by atoms with Crippen LogP contribution < -0.4 is 14.9 Å². The van der Waals surface area contributed by atoms with Gasteiger partial charge in [-0.3, -0.25) is 5.43 Å². The molecule has 0 radical (unpaired) electrons. The van der Waals surface area contributed by atoms with Crippen LogP contribution in [0.1, 0.15) is 11.4 Å². The van der Waals surface area contributed by atoms with E-state index in [0.29, 0.717) is 22.8 Å². The van der Waals surface area contributed by atoms with Gasteiger partial charge in [-0.05, 0) is 35.9 Å². The van der Waals surface area contributed by atoms with Gasteiger partial charge in [-0.25, -0.2) is 9.97 Å². The lowest BCUT2D eigenvalue weighted by molar-refractivity contribution is 0.174. The first kappa shape index (κ1) is 17.1. The van der Waals surface area contributed by atoms with Crippen molar-refractivity contribution in [1.29, 1.82) is 0 Å². The van der Waals surface area contributed by atoms with Gasteiger partial charge in [-0.2, -0.15) is 5.10 Å². The summed E-state index contributed by atoms with van der Waals surface area (Å²) in [6.45, 7) is 0.223. The third-order valence-electron chi connectivity index (χ3n) is 3.64. The van der Waals surface area contributed by atoms with E-state index < -0.39 is 3.79 Å². The zero-order valence-electron chi connectivity index (χ0n) is 13.1. The Hall–Kier alpha value is -2.28. The van der Waals surface area contributed by atoms with E-state index in [1.807, 2.05) is 42.5 Å². The molecule has 0 aliphatic carbocycles. The maximum Gasteiger partial charge on any atom is 0.250 e. The number of hydrazone groups is 1. The minimum Gasteiger partial charge on any atom is -0.454 e. The van der Waals surface area contributed by atoms with Crippen molar-refractivity contribution in [3.8, 4) is 11.5 Å². The Morgan fingerprint density at radius 3 is 2.69 bits per heavy atom. The molecule has 132 valence electrons. The standard InChI is InChI=1S/C17H11Cl3N4O2/c18-17(19,20)16-22-12-4-2-1-3-11(12)15(23-16)24-21-8-10-5-6-13-14(7-10)26-9-25-13/h1-8H,9H2,(H,22,23,24). The third-order valence-corrected chi connectivity index (χ3v) is 4.14. The summed E-state index contributed by atoms with van der Waals surface area (Å²) in [6.07, 6.45) is 1.63. The van der Waals surface area contributed by atoms with Gasteiger partial charge in [0, 0.05) is 5.39 Å². The van der Waals surface area contributed by atoms with E-state index in [1.54, 1.807) is 6.21 Å². The fraction of sp³-hybridized carbons (Fsp3) is 0.118. The lowest BCUT2D eigenvalue weighted by Gasteiger charge is -2.12. The number of nitrogens with zero attached hydrogens (tertiary/aromatic N) is 3. The largest absolute Gasteiger partial charge is 0.454 e. The number of alkyl halides is 3. The molecule has 0 bridgehead atoms. The molecule has 1 aromatic heterocycles. The quantitative estimate of drug-likeness (QED) is 0.388. The first-order valence-corrected chi connectivity index (χ1v) is 8.67. The van der Waals surface area contributed by atoms with Gasteiger partial charge >= 0.3 is 0 Å². The number of rotatable bonds is 3. The zero-order chi connectivity index (χ0) is 18.1.